The summed E-state index contributed by atoms with van der Waals surface area (Å²) >= 11 is 5.54. The third-order valence-electron chi connectivity index (χ3n) is 2.45. The first-order valence-corrected chi connectivity index (χ1v) is 5.75. The molecule has 0 amide bonds. The van der Waals surface area contributed by atoms with Crippen molar-refractivity contribution in [3.05, 3.63) is 52.8 Å². The van der Waals surface area contributed by atoms with Crippen LogP contribution in [0.4, 0.5) is 23.2 Å². The van der Waals surface area contributed by atoms with Crippen LogP contribution in [0.2, 0.25) is 5.02 Å². The number of nitrogens with two attached hydrogens (primary N) is 1. The Morgan fingerprint density at radius 1 is 1.05 bits per heavy atom. The minimum atomic E-state index is -4.67. The lowest BCUT2D eigenvalue weighted by Crippen LogP contribution is -2.08. The molecule has 2 aromatic carbocycles. The summed E-state index contributed by atoms with van der Waals surface area (Å²) < 4.78 is 57.2. The van der Waals surface area contributed by atoms with Crippen molar-refractivity contribution in [3.8, 4) is 11.5 Å². The molecule has 0 saturated heterocycles. The van der Waals surface area contributed by atoms with E-state index in [0.717, 1.165) is 12.1 Å². The molecule has 0 aromatic heterocycles. The van der Waals surface area contributed by atoms with Crippen molar-refractivity contribution in [1.82, 2.24) is 0 Å². The van der Waals surface area contributed by atoms with Gasteiger partial charge >= 0.3 is 6.18 Å². The number of hydrogen-bond donors (Lipinski definition) is 1. The molecule has 0 unspecified atom stereocenters. The lowest BCUT2D eigenvalue weighted by atomic mass is 10.1. The summed E-state index contributed by atoms with van der Waals surface area (Å²) in [5.74, 6) is -1.88. The largest absolute Gasteiger partial charge is 0.454 e. The highest BCUT2D eigenvalue weighted by Gasteiger charge is 2.35. The lowest BCUT2D eigenvalue weighted by Gasteiger charge is -2.14. The molecule has 0 heterocycles. The highest BCUT2D eigenvalue weighted by molar-refractivity contribution is 6.30. The predicted octanol–water partition coefficient (Wildman–Crippen LogP) is 4.87. The van der Waals surface area contributed by atoms with Crippen molar-refractivity contribution in [2.24, 2.45) is 0 Å². The first-order valence-electron chi connectivity index (χ1n) is 5.37. The second-order valence-electron chi connectivity index (χ2n) is 3.91. The third kappa shape index (κ3) is 2.96. The molecule has 7 heteroatoms. The average Bonchev–Trinajstić information content (AvgIpc) is 2.36. The second-order valence-corrected chi connectivity index (χ2v) is 4.31. The van der Waals surface area contributed by atoms with Crippen molar-refractivity contribution in [1.29, 1.82) is 0 Å². The van der Waals surface area contributed by atoms with Crippen LogP contribution in [-0.4, -0.2) is 0 Å². The van der Waals surface area contributed by atoms with Gasteiger partial charge in [-0.15, -0.1) is 0 Å². The van der Waals surface area contributed by atoms with Gasteiger partial charge in [-0.1, -0.05) is 17.7 Å². The zero-order valence-corrected chi connectivity index (χ0v) is 10.6. The van der Waals surface area contributed by atoms with E-state index in [1.807, 2.05) is 0 Å². The van der Waals surface area contributed by atoms with E-state index < -0.39 is 29.1 Å². The third-order valence-corrected chi connectivity index (χ3v) is 2.74. The number of anilines is 1. The highest BCUT2D eigenvalue weighted by atomic mass is 35.5. The van der Waals surface area contributed by atoms with Crippen molar-refractivity contribution in [2.45, 2.75) is 6.18 Å². The lowest BCUT2D eigenvalue weighted by molar-refractivity contribution is -0.138. The SMILES string of the molecule is Nc1ccc(Oc2cccc(Cl)c2F)c(C(F)(F)F)c1. The van der Waals surface area contributed by atoms with E-state index in [9.17, 15) is 17.6 Å². The zero-order valence-electron chi connectivity index (χ0n) is 9.84. The van der Waals surface area contributed by atoms with E-state index in [2.05, 4.69) is 0 Å². The first-order chi connectivity index (χ1) is 9.29. The topological polar surface area (TPSA) is 35.2 Å². The summed E-state index contributed by atoms with van der Waals surface area (Å²) in [5.41, 5.74) is 4.16. The molecule has 0 aliphatic carbocycles. The summed E-state index contributed by atoms with van der Waals surface area (Å²) in [5, 5.41) is -0.244. The predicted molar refractivity (Wildman–Crippen MR) is 67.3 cm³/mol. The first kappa shape index (κ1) is 14.5. The molecule has 2 rings (SSSR count). The van der Waals surface area contributed by atoms with E-state index in [1.54, 1.807) is 0 Å². The molecule has 0 aliphatic rings. The van der Waals surface area contributed by atoms with Gasteiger partial charge in [0.2, 0.25) is 0 Å². The minimum Gasteiger partial charge on any atom is -0.454 e. The number of nitrogen functional groups attached to an aromatic ring is 1. The molecule has 0 fully saturated rings. The summed E-state index contributed by atoms with van der Waals surface area (Å²) in [6.45, 7) is 0. The van der Waals surface area contributed by atoms with Gasteiger partial charge in [0.25, 0.3) is 0 Å². The van der Waals surface area contributed by atoms with Gasteiger partial charge in [0, 0.05) is 5.69 Å². The maximum atomic E-state index is 13.6. The van der Waals surface area contributed by atoms with Crippen molar-refractivity contribution in [3.63, 3.8) is 0 Å². The van der Waals surface area contributed by atoms with Crippen LogP contribution in [0, 0.1) is 5.82 Å². The molecule has 2 nitrogen and oxygen atoms in total. The van der Waals surface area contributed by atoms with Crippen LogP contribution in [0.3, 0.4) is 0 Å². The van der Waals surface area contributed by atoms with Gasteiger partial charge in [0.1, 0.15) is 11.3 Å². The van der Waals surface area contributed by atoms with E-state index in [0.29, 0.717) is 0 Å². The molecular formula is C13H8ClF4NO. The van der Waals surface area contributed by atoms with E-state index >= 15 is 0 Å². The summed E-state index contributed by atoms with van der Waals surface area (Å²) in [6.07, 6.45) is -4.67. The Morgan fingerprint density at radius 3 is 2.40 bits per heavy atom. The Kier molecular flexibility index (Phi) is 3.76. The van der Waals surface area contributed by atoms with Crippen LogP contribution >= 0.6 is 11.6 Å². The van der Waals surface area contributed by atoms with Crippen LogP contribution < -0.4 is 10.5 Å². The second kappa shape index (κ2) is 5.20. The Hall–Kier alpha value is -1.95. The number of ether oxygens (including phenoxy) is 1. The molecule has 2 N–H and O–H groups in total. The van der Waals surface area contributed by atoms with Crippen molar-refractivity contribution < 1.29 is 22.3 Å². The molecule has 0 radical (unpaired) electrons. The maximum absolute atomic E-state index is 13.6. The van der Waals surface area contributed by atoms with Crippen LogP contribution in [0.15, 0.2) is 36.4 Å². The standard InChI is InChI=1S/C13H8ClF4NO/c14-9-2-1-3-11(12(9)15)20-10-5-4-7(19)6-8(10)13(16,17)18/h1-6H,19H2. The van der Waals surface area contributed by atoms with Gasteiger partial charge in [-0.2, -0.15) is 13.2 Å². The minimum absolute atomic E-state index is 0.0729. The van der Waals surface area contributed by atoms with E-state index in [1.165, 1.54) is 24.3 Å². The quantitative estimate of drug-likeness (QED) is 0.634. The summed E-state index contributed by atoms with van der Waals surface area (Å²) in [4.78, 5) is 0. The van der Waals surface area contributed by atoms with Crippen molar-refractivity contribution in [2.75, 3.05) is 5.73 Å². The summed E-state index contributed by atoms with van der Waals surface area (Å²) in [7, 11) is 0. The number of rotatable bonds is 2. The molecule has 2 aromatic rings. The monoisotopic (exact) mass is 305 g/mol. The molecule has 0 bridgehead atoms. The molecule has 20 heavy (non-hydrogen) atoms. The van der Waals surface area contributed by atoms with Crippen LogP contribution in [0.5, 0.6) is 11.5 Å². The molecule has 0 atom stereocenters. The Labute approximate surface area is 116 Å². The van der Waals surface area contributed by atoms with Gasteiger partial charge < -0.3 is 10.5 Å². The number of hydrogen-bond acceptors (Lipinski definition) is 2. The van der Waals surface area contributed by atoms with Crippen LogP contribution in [0.1, 0.15) is 5.56 Å². The molecule has 106 valence electrons. The molecular weight excluding hydrogens is 298 g/mol. The Bertz CT molecular complexity index is 643. The van der Waals surface area contributed by atoms with Crippen LogP contribution in [-0.2, 0) is 6.18 Å². The molecule has 0 saturated carbocycles. The fourth-order valence-electron chi connectivity index (χ4n) is 1.54. The van der Waals surface area contributed by atoms with Crippen molar-refractivity contribution >= 4 is 17.3 Å². The number of alkyl halides is 3. The molecule has 0 spiro atoms. The number of halogens is 5. The van der Waals surface area contributed by atoms with E-state index in [-0.39, 0.29) is 10.7 Å². The fourth-order valence-corrected chi connectivity index (χ4v) is 1.71. The zero-order chi connectivity index (χ0) is 14.9. The van der Waals surface area contributed by atoms with Gasteiger partial charge in [-0.05, 0) is 30.3 Å². The Balaban J connectivity index is 2.46. The van der Waals surface area contributed by atoms with Crippen LogP contribution in [0.25, 0.3) is 0 Å². The molecule has 0 aliphatic heterocycles. The summed E-state index contributed by atoms with van der Waals surface area (Å²) in [6, 6.07) is 6.78. The normalized spacial score (nSPS) is 11.4. The average molecular weight is 306 g/mol. The van der Waals surface area contributed by atoms with Gasteiger partial charge in [-0.3, -0.25) is 0 Å². The highest BCUT2D eigenvalue weighted by Crippen LogP contribution is 2.40. The Morgan fingerprint density at radius 2 is 1.75 bits per heavy atom. The smallest absolute Gasteiger partial charge is 0.420 e. The van der Waals surface area contributed by atoms with Gasteiger partial charge in [0.05, 0.1) is 5.02 Å². The van der Waals surface area contributed by atoms with E-state index in [4.69, 9.17) is 22.1 Å². The number of benzene rings is 2. The van der Waals surface area contributed by atoms with Gasteiger partial charge in [-0.25, -0.2) is 4.39 Å². The fraction of sp³-hybridized carbons (Fsp3) is 0.0769. The van der Waals surface area contributed by atoms with Gasteiger partial charge in [0.15, 0.2) is 11.6 Å². The maximum Gasteiger partial charge on any atom is 0.420 e.